The van der Waals surface area contributed by atoms with Gasteiger partial charge in [0.05, 0.1) is 29.1 Å². The number of amides is 2. The van der Waals surface area contributed by atoms with Crippen LogP contribution in [0.5, 0.6) is 5.75 Å². The molecule has 0 fully saturated rings. The molecule has 3 aromatic carbocycles. The third-order valence-electron chi connectivity index (χ3n) is 5.99. The molecule has 0 radical (unpaired) electrons. The third-order valence-corrected chi connectivity index (χ3v) is 7.92. The zero-order valence-corrected chi connectivity index (χ0v) is 24.3. The fourth-order valence-electron chi connectivity index (χ4n) is 4.09. The number of likely N-dealkylation sites (N-methyl/N-ethyl adjacent to an activating group) is 1. The van der Waals surface area contributed by atoms with Gasteiger partial charge in [-0.3, -0.25) is 13.9 Å². The van der Waals surface area contributed by atoms with Crippen molar-refractivity contribution in [3.8, 4) is 5.75 Å². The van der Waals surface area contributed by atoms with E-state index in [1.807, 2.05) is 36.4 Å². The summed E-state index contributed by atoms with van der Waals surface area (Å²) in [5.74, 6) is -0.364. The van der Waals surface area contributed by atoms with E-state index in [1.54, 1.807) is 31.2 Å². The molecule has 0 spiro atoms. The van der Waals surface area contributed by atoms with Crippen LogP contribution in [0.1, 0.15) is 18.1 Å². The maximum absolute atomic E-state index is 14.0. The number of halogens is 2. The van der Waals surface area contributed by atoms with Gasteiger partial charge in [-0.05, 0) is 42.3 Å². The van der Waals surface area contributed by atoms with Crippen LogP contribution < -0.4 is 14.4 Å². The number of hydrogen-bond donors (Lipinski definition) is 1. The molecule has 0 aliphatic rings. The van der Waals surface area contributed by atoms with E-state index in [-0.39, 0.29) is 34.6 Å². The molecule has 0 aliphatic carbocycles. The van der Waals surface area contributed by atoms with Crippen molar-refractivity contribution < 1.29 is 22.7 Å². The fourth-order valence-corrected chi connectivity index (χ4v) is 5.40. The Morgan fingerprint density at radius 1 is 0.974 bits per heavy atom. The number of sulfonamides is 1. The molecule has 0 saturated heterocycles. The second kappa shape index (κ2) is 13.7. The summed E-state index contributed by atoms with van der Waals surface area (Å²) >= 11 is 12.5. The van der Waals surface area contributed by atoms with Crippen molar-refractivity contribution >= 4 is 50.7 Å². The Morgan fingerprint density at radius 2 is 1.64 bits per heavy atom. The van der Waals surface area contributed by atoms with E-state index >= 15 is 0 Å². The molecule has 1 atom stereocenters. The van der Waals surface area contributed by atoms with Crippen LogP contribution in [0.4, 0.5) is 5.69 Å². The highest BCUT2D eigenvalue weighted by molar-refractivity contribution is 7.92. The monoisotopic (exact) mass is 591 g/mol. The van der Waals surface area contributed by atoms with Crippen molar-refractivity contribution in [2.75, 3.05) is 30.8 Å². The Hall–Kier alpha value is -3.27. The summed E-state index contributed by atoms with van der Waals surface area (Å²) in [6.07, 6.45) is 1.20. The van der Waals surface area contributed by atoms with Gasteiger partial charge in [0.1, 0.15) is 18.3 Å². The Labute approximate surface area is 239 Å². The molecule has 0 heterocycles. The molecule has 3 rings (SSSR count). The average Bonchev–Trinajstić information content (AvgIpc) is 2.91. The van der Waals surface area contributed by atoms with E-state index in [9.17, 15) is 18.0 Å². The molecule has 0 unspecified atom stereocenters. The van der Waals surface area contributed by atoms with Gasteiger partial charge in [-0.2, -0.15) is 0 Å². The van der Waals surface area contributed by atoms with Crippen molar-refractivity contribution in [2.45, 2.75) is 25.9 Å². The van der Waals surface area contributed by atoms with Crippen molar-refractivity contribution in [1.82, 2.24) is 10.2 Å². The normalized spacial score (nSPS) is 11.9. The van der Waals surface area contributed by atoms with Gasteiger partial charge in [-0.15, -0.1) is 0 Å². The zero-order chi connectivity index (χ0) is 28.6. The number of methoxy groups -OCH3 is 1. The fraction of sp³-hybridized carbons (Fsp3) is 0.286. The predicted octanol–water partition coefficient (Wildman–Crippen LogP) is 4.54. The van der Waals surface area contributed by atoms with Gasteiger partial charge in [0.15, 0.2) is 0 Å². The molecular weight excluding hydrogens is 561 g/mol. The summed E-state index contributed by atoms with van der Waals surface area (Å²) in [4.78, 5) is 28.8. The summed E-state index contributed by atoms with van der Waals surface area (Å²) in [6.45, 7) is 1.59. The molecule has 39 heavy (non-hydrogen) atoms. The summed E-state index contributed by atoms with van der Waals surface area (Å²) < 4.78 is 31.9. The number of nitrogens with one attached hydrogen (secondary N) is 1. The molecule has 0 bridgehead atoms. The first-order chi connectivity index (χ1) is 18.5. The molecule has 8 nitrogen and oxygen atoms in total. The van der Waals surface area contributed by atoms with Gasteiger partial charge in [0.25, 0.3) is 0 Å². The van der Waals surface area contributed by atoms with Gasteiger partial charge in [0, 0.05) is 19.5 Å². The van der Waals surface area contributed by atoms with Crippen LogP contribution in [-0.2, 0) is 32.6 Å². The van der Waals surface area contributed by atoms with E-state index in [4.69, 9.17) is 27.9 Å². The lowest BCUT2D eigenvalue weighted by atomic mass is 10.0. The summed E-state index contributed by atoms with van der Waals surface area (Å²) in [5, 5.41) is 2.96. The number of rotatable bonds is 12. The van der Waals surface area contributed by atoms with E-state index in [1.165, 1.54) is 24.1 Å². The zero-order valence-electron chi connectivity index (χ0n) is 21.9. The van der Waals surface area contributed by atoms with Crippen LogP contribution in [0.25, 0.3) is 0 Å². The first-order valence-corrected chi connectivity index (χ1v) is 14.8. The number of carbonyl (C=O) groups excluding carboxylic acids is 2. The van der Waals surface area contributed by atoms with Crippen LogP contribution in [0, 0.1) is 0 Å². The van der Waals surface area contributed by atoms with Gasteiger partial charge in [-0.25, -0.2) is 8.42 Å². The Morgan fingerprint density at radius 3 is 2.28 bits per heavy atom. The second-order valence-corrected chi connectivity index (χ2v) is 11.5. The summed E-state index contributed by atoms with van der Waals surface area (Å²) in [6, 6.07) is 20.0. The van der Waals surface area contributed by atoms with E-state index in [0.717, 1.165) is 16.1 Å². The molecule has 0 saturated carbocycles. The Bertz CT molecular complexity index is 1400. The smallest absolute Gasteiger partial charge is 0.244 e. The largest absolute Gasteiger partial charge is 0.497 e. The highest BCUT2D eigenvalue weighted by atomic mass is 35.5. The molecule has 2 amide bonds. The standard InChI is InChI=1S/C28H31Cl2N3O5S/c1-4-31-28(35)25(17-20-10-6-5-7-11-20)32(18-21-12-8-13-22(16-21)38-2)26(34)19-33(39(3,36)37)24-15-9-14-23(29)27(24)30/h5-16,25H,4,17-19H2,1-3H3,(H,31,35)/t25-/m1/s1. The number of nitrogens with zero attached hydrogens (tertiary/aromatic N) is 2. The number of carbonyl (C=O) groups is 2. The first-order valence-electron chi connectivity index (χ1n) is 12.2. The molecule has 0 aliphatic heterocycles. The van der Waals surface area contributed by atoms with E-state index in [0.29, 0.717) is 17.9 Å². The lowest BCUT2D eigenvalue weighted by Gasteiger charge is -2.33. The van der Waals surface area contributed by atoms with Crippen LogP contribution in [0.2, 0.25) is 10.0 Å². The van der Waals surface area contributed by atoms with Gasteiger partial charge < -0.3 is 15.0 Å². The van der Waals surface area contributed by atoms with Crippen molar-refractivity contribution in [2.24, 2.45) is 0 Å². The summed E-state index contributed by atoms with van der Waals surface area (Å²) in [7, 11) is -2.43. The maximum Gasteiger partial charge on any atom is 0.244 e. The maximum atomic E-state index is 14.0. The van der Waals surface area contributed by atoms with Gasteiger partial charge in [0.2, 0.25) is 21.8 Å². The van der Waals surface area contributed by atoms with Crippen molar-refractivity contribution in [3.05, 3.63) is 94.0 Å². The lowest BCUT2D eigenvalue weighted by molar-refractivity contribution is -0.140. The first kappa shape index (κ1) is 30.3. The second-order valence-electron chi connectivity index (χ2n) is 8.82. The number of ether oxygens (including phenoxy) is 1. The number of anilines is 1. The molecule has 11 heteroatoms. The van der Waals surface area contributed by atoms with Gasteiger partial charge in [-0.1, -0.05) is 71.7 Å². The van der Waals surface area contributed by atoms with Crippen LogP contribution in [0.15, 0.2) is 72.8 Å². The third kappa shape index (κ3) is 8.11. The number of hydrogen-bond acceptors (Lipinski definition) is 5. The topological polar surface area (TPSA) is 96.0 Å². The number of benzene rings is 3. The lowest BCUT2D eigenvalue weighted by Crippen LogP contribution is -2.53. The minimum absolute atomic E-state index is 0.00120. The van der Waals surface area contributed by atoms with Crippen molar-refractivity contribution in [3.63, 3.8) is 0 Å². The van der Waals surface area contributed by atoms with Crippen LogP contribution >= 0.6 is 23.2 Å². The molecular formula is C28H31Cl2N3O5S. The molecule has 1 N–H and O–H groups in total. The van der Waals surface area contributed by atoms with E-state index in [2.05, 4.69) is 5.32 Å². The average molecular weight is 593 g/mol. The molecule has 3 aromatic rings. The SMILES string of the molecule is CCNC(=O)[C@@H](Cc1ccccc1)N(Cc1cccc(OC)c1)C(=O)CN(c1cccc(Cl)c1Cl)S(C)(=O)=O. The highest BCUT2D eigenvalue weighted by Gasteiger charge is 2.33. The summed E-state index contributed by atoms with van der Waals surface area (Å²) in [5.41, 5.74) is 1.62. The van der Waals surface area contributed by atoms with Crippen LogP contribution in [0.3, 0.4) is 0 Å². The Kier molecular flexibility index (Phi) is 10.6. The predicted molar refractivity (Wildman–Crippen MR) is 155 cm³/mol. The van der Waals surface area contributed by atoms with Gasteiger partial charge >= 0.3 is 0 Å². The van der Waals surface area contributed by atoms with Crippen LogP contribution in [-0.4, -0.2) is 57.6 Å². The molecule has 208 valence electrons. The van der Waals surface area contributed by atoms with Crippen molar-refractivity contribution in [1.29, 1.82) is 0 Å². The minimum Gasteiger partial charge on any atom is -0.497 e. The van der Waals surface area contributed by atoms with E-state index < -0.39 is 28.5 Å². The highest BCUT2D eigenvalue weighted by Crippen LogP contribution is 2.34. The minimum atomic E-state index is -3.96. The molecule has 0 aromatic heterocycles. The Balaban J connectivity index is 2.08. The quantitative estimate of drug-likeness (QED) is 0.333.